The molecule has 134 valence electrons. The van der Waals surface area contributed by atoms with Crippen molar-refractivity contribution >= 4 is 28.4 Å². The van der Waals surface area contributed by atoms with Crippen molar-refractivity contribution in [2.24, 2.45) is 0 Å². The second-order valence-corrected chi connectivity index (χ2v) is 8.79. The van der Waals surface area contributed by atoms with Crippen molar-refractivity contribution in [2.45, 2.75) is 41.0 Å². The van der Waals surface area contributed by atoms with E-state index < -0.39 is 0 Å². The van der Waals surface area contributed by atoms with Crippen LogP contribution in [-0.2, 0) is 16.6 Å². The highest BCUT2D eigenvalue weighted by atomic mass is 32.2. The van der Waals surface area contributed by atoms with Gasteiger partial charge in [0.2, 0.25) is 5.91 Å². The summed E-state index contributed by atoms with van der Waals surface area (Å²) in [6, 6.07) is 22.1. The topological polar surface area (TPSA) is 29.1 Å². The first kappa shape index (κ1) is 16.6. The average molecular weight is 372 g/mol. The van der Waals surface area contributed by atoms with E-state index in [0.717, 1.165) is 12.8 Å². The molecule has 1 heterocycles. The van der Waals surface area contributed by atoms with Crippen LogP contribution in [0.1, 0.15) is 24.5 Å². The Morgan fingerprint density at radius 1 is 1.00 bits per heavy atom. The lowest BCUT2D eigenvalue weighted by atomic mass is 9.66. The monoisotopic (exact) mass is 371 g/mol. The molecular weight excluding hydrogens is 350 g/mol. The molecule has 0 aromatic heterocycles. The smallest absolute Gasteiger partial charge is 0.243 e. The molecule has 0 fully saturated rings. The van der Waals surface area contributed by atoms with Gasteiger partial charge in [-0.2, -0.15) is 0 Å². The molecule has 0 bridgehead atoms. The van der Waals surface area contributed by atoms with Crippen LogP contribution in [0.2, 0.25) is 0 Å². The molecule has 2 aliphatic rings. The lowest BCUT2D eigenvalue weighted by molar-refractivity contribution is -0.118. The summed E-state index contributed by atoms with van der Waals surface area (Å²) in [5.74, 6) is 0.0319. The zero-order valence-electron chi connectivity index (χ0n) is 15.2. The lowest BCUT2D eigenvalue weighted by Gasteiger charge is -2.43. The van der Waals surface area contributed by atoms with Gasteiger partial charge in [-0.05, 0) is 72.0 Å². The molecule has 0 radical (unpaired) electrons. The zero-order valence-corrected chi connectivity index (χ0v) is 16.1. The van der Waals surface area contributed by atoms with Gasteiger partial charge in [-0.1, -0.05) is 54.2 Å². The maximum atomic E-state index is 11.7. The number of benzene rings is 3. The summed E-state index contributed by atoms with van der Waals surface area (Å²) in [7, 11) is 0. The van der Waals surface area contributed by atoms with E-state index in [1.54, 1.807) is 6.08 Å². The van der Waals surface area contributed by atoms with Crippen molar-refractivity contribution in [3.8, 4) is 0 Å². The Morgan fingerprint density at radius 2 is 1.78 bits per heavy atom. The van der Waals surface area contributed by atoms with Gasteiger partial charge in [0.25, 0.3) is 0 Å². The Hall–Kier alpha value is -2.52. The third kappa shape index (κ3) is 2.87. The molecule has 3 aromatic carbocycles. The fourth-order valence-corrected chi connectivity index (χ4v) is 5.35. The number of fused-ring (bicyclic) bond motifs is 4. The number of carbonyl (C=O) groups is 1. The van der Waals surface area contributed by atoms with E-state index in [9.17, 15) is 4.79 Å². The molecule has 1 unspecified atom stereocenters. The maximum absolute atomic E-state index is 11.7. The minimum atomic E-state index is -0.104. The molecule has 0 saturated carbocycles. The highest BCUT2D eigenvalue weighted by Gasteiger charge is 2.41. The van der Waals surface area contributed by atoms with Crippen LogP contribution < -0.4 is 5.32 Å². The number of amides is 1. The lowest BCUT2D eigenvalue weighted by Crippen LogP contribution is -2.53. The Kier molecular flexibility index (Phi) is 3.87. The Morgan fingerprint density at radius 3 is 2.67 bits per heavy atom. The van der Waals surface area contributed by atoms with Gasteiger partial charge in [-0.3, -0.25) is 4.79 Å². The number of rotatable bonds is 2. The van der Waals surface area contributed by atoms with Crippen molar-refractivity contribution in [3.63, 3.8) is 0 Å². The Balaban J connectivity index is 1.47. The SMILES string of the molecule is C[C@]12C=CC(=O)NC1CCc1cc(Sc3ccc4ccccc4c3)ccc12. The van der Waals surface area contributed by atoms with Crippen molar-refractivity contribution in [1.29, 1.82) is 0 Å². The van der Waals surface area contributed by atoms with Gasteiger partial charge < -0.3 is 5.32 Å². The fourth-order valence-electron chi connectivity index (χ4n) is 4.42. The summed E-state index contributed by atoms with van der Waals surface area (Å²) in [6.07, 6.45) is 5.77. The third-order valence-electron chi connectivity index (χ3n) is 5.94. The van der Waals surface area contributed by atoms with Gasteiger partial charge in [0.05, 0.1) is 0 Å². The molecule has 3 heteroatoms. The maximum Gasteiger partial charge on any atom is 0.243 e. The minimum absolute atomic E-state index is 0.0319. The summed E-state index contributed by atoms with van der Waals surface area (Å²) in [6.45, 7) is 2.24. The van der Waals surface area contributed by atoms with E-state index in [1.165, 1.54) is 31.7 Å². The quantitative estimate of drug-likeness (QED) is 0.667. The number of hydrogen-bond donors (Lipinski definition) is 1. The molecule has 1 aliphatic heterocycles. The number of hydrogen-bond acceptors (Lipinski definition) is 2. The van der Waals surface area contributed by atoms with Crippen LogP contribution >= 0.6 is 11.8 Å². The Bertz CT molecular complexity index is 1090. The van der Waals surface area contributed by atoms with Gasteiger partial charge in [-0.15, -0.1) is 0 Å². The minimum Gasteiger partial charge on any atom is -0.349 e. The van der Waals surface area contributed by atoms with Gasteiger partial charge in [-0.25, -0.2) is 0 Å². The normalized spacial score (nSPS) is 23.6. The first-order valence-electron chi connectivity index (χ1n) is 9.42. The zero-order chi connectivity index (χ0) is 18.4. The second-order valence-electron chi connectivity index (χ2n) is 7.65. The molecule has 3 aromatic rings. The van der Waals surface area contributed by atoms with Crippen molar-refractivity contribution in [2.75, 3.05) is 0 Å². The fraction of sp³-hybridized carbons (Fsp3) is 0.208. The molecule has 0 saturated heterocycles. The molecule has 5 rings (SSSR count). The molecule has 1 N–H and O–H groups in total. The van der Waals surface area contributed by atoms with E-state index >= 15 is 0 Å². The Labute approximate surface area is 163 Å². The van der Waals surface area contributed by atoms with E-state index in [2.05, 4.69) is 79.0 Å². The van der Waals surface area contributed by atoms with Crippen LogP contribution in [-0.4, -0.2) is 11.9 Å². The molecule has 1 aliphatic carbocycles. The number of aryl methyl sites for hydroxylation is 1. The molecule has 2 nitrogen and oxygen atoms in total. The molecule has 2 atom stereocenters. The molecule has 27 heavy (non-hydrogen) atoms. The number of carbonyl (C=O) groups excluding carboxylic acids is 1. The van der Waals surface area contributed by atoms with E-state index in [0.29, 0.717) is 0 Å². The van der Waals surface area contributed by atoms with Crippen molar-refractivity contribution in [3.05, 3.63) is 83.9 Å². The van der Waals surface area contributed by atoms with Crippen LogP contribution in [0.25, 0.3) is 10.8 Å². The van der Waals surface area contributed by atoms with Gasteiger partial charge in [0.15, 0.2) is 0 Å². The van der Waals surface area contributed by atoms with Gasteiger partial charge >= 0.3 is 0 Å². The van der Waals surface area contributed by atoms with E-state index in [-0.39, 0.29) is 17.4 Å². The van der Waals surface area contributed by atoms with Crippen molar-refractivity contribution in [1.82, 2.24) is 5.32 Å². The summed E-state index contributed by atoms with van der Waals surface area (Å²) in [5.41, 5.74) is 2.64. The standard InChI is InChI=1S/C24H21NOS/c1-24-13-12-23(26)25-22(24)11-7-18-15-20(9-10-21(18)24)27-19-8-6-16-4-2-3-5-17(16)14-19/h2-6,8-10,12-15,22H,7,11H2,1H3,(H,25,26)/t22?,24-/m1/s1. The van der Waals surface area contributed by atoms with Crippen LogP contribution in [0.5, 0.6) is 0 Å². The average Bonchev–Trinajstić information content (AvgIpc) is 2.68. The van der Waals surface area contributed by atoms with Crippen LogP contribution in [0.4, 0.5) is 0 Å². The van der Waals surface area contributed by atoms with E-state index in [4.69, 9.17) is 0 Å². The first-order chi connectivity index (χ1) is 13.1. The molecule has 0 spiro atoms. The van der Waals surface area contributed by atoms with Gasteiger partial charge in [0, 0.05) is 21.2 Å². The number of nitrogens with one attached hydrogen (secondary N) is 1. The van der Waals surface area contributed by atoms with E-state index in [1.807, 2.05) is 11.8 Å². The van der Waals surface area contributed by atoms with Crippen LogP contribution in [0, 0.1) is 0 Å². The summed E-state index contributed by atoms with van der Waals surface area (Å²) in [4.78, 5) is 14.3. The van der Waals surface area contributed by atoms with Crippen LogP contribution in [0.3, 0.4) is 0 Å². The highest BCUT2D eigenvalue weighted by molar-refractivity contribution is 7.99. The highest BCUT2D eigenvalue weighted by Crippen LogP contribution is 2.42. The molecular formula is C24H21NOS. The summed E-state index contributed by atoms with van der Waals surface area (Å²) < 4.78 is 0. The van der Waals surface area contributed by atoms with Gasteiger partial charge in [0.1, 0.15) is 0 Å². The van der Waals surface area contributed by atoms with Crippen molar-refractivity contribution < 1.29 is 4.79 Å². The predicted molar refractivity (Wildman–Crippen MR) is 111 cm³/mol. The second kappa shape index (κ2) is 6.28. The first-order valence-corrected chi connectivity index (χ1v) is 10.2. The predicted octanol–water partition coefficient (Wildman–Crippen LogP) is 5.25. The summed E-state index contributed by atoms with van der Waals surface area (Å²) >= 11 is 1.82. The third-order valence-corrected chi connectivity index (χ3v) is 6.92. The molecule has 1 amide bonds. The van der Waals surface area contributed by atoms with Crippen LogP contribution in [0.15, 0.2) is 82.6 Å². The summed E-state index contributed by atoms with van der Waals surface area (Å²) in [5, 5.41) is 5.69. The largest absolute Gasteiger partial charge is 0.349 e.